The second-order valence-electron chi connectivity index (χ2n) is 4.28. The summed E-state index contributed by atoms with van der Waals surface area (Å²) in [5, 5.41) is 10.6. The van der Waals surface area contributed by atoms with Crippen LogP contribution in [0.3, 0.4) is 0 Å². The molecule has 0 saturated carbocycles. The van der Waals surface area contributed by atoms with Gasteiger partial charge in [0.05, 0.1) is 4.92 Å². The van der Waals surface area contributed by atoms with Crippen molar-refractivity contribution in [2.75, 3.05) is 13.6 Å². The Labute approximate surface area is 110 Å². The highest BCUT2D eigenvalue weighted by atomic mass is 35.5. The number of benzene rings is 1. The van der Waals surface area contributed by atoms with Crippen LogP contribution in [0.2, 0.25) is 0 Å². The van der Waals surface area contributed by atoms with Gasteiger partial charge in [0.15, 0.2) is 0 Å². The molecule has 6 heteroatoms. The Bertz CT molecular complexity index is 474. The summed E-state index contributed by atoms with van der Waals surface area (Å²) in [6.07, 6.45) is 0. The number of hydrogen-bond donors (Lipinski definition) is 0. The van der Waals surface area contributed by atoms with Gasteiger partial charge in [0.1, 0.15) is 0 Å². The van der Waals surface area contributed by atoms with Crippen molar-refractivity contribution >= 4 is 23.2 Å². The molecule has 0 radical (unpaired) electrons. The maximum absolute atomic E-state index is 12.1. The minimum atomic E-state index is -0.506. The minimum Gasteiger partial charge on any atom is -0.340 e. The lowest BCUT2D eigenvalue weighted by molar-refractivity contribution is -0.384. The zero-order chi connectivity index (χ0) is 13.9. The van der Waals surface area contributed by atoms with Crippen LogP contribution in [0.15, 0.2) is 18.2 Å². The lowest BCUT2D eigenvalue weighted by atomic mass is 10.1. The van der Waals surface area contributed by atoms with Crippen molar-refractivity contribution in [2.45, 2.75) is 19.2 Å². The zero-order valence-corrected chi connectivity index (χ0v) is 11.3. The number of carbonyl (C=O) groups is 1. The fraction of sp³-hybridized carbons (Fsp3) is 0.417. The molecule has 1 amide bonds. The highest BCUT2D eigenvalue weighted by molar-refractivity contribution is 6.20. The summed E-state index contributed by atoms with van der Waals surface area (Å²) < 4.78 is 0. The van der Waals surface area contributed by atoms with E-state index in [1.54, 1.807) is 27.0 Å². The van der Waals surface area contributed by atoms with Crippen LogP contribution >= 0.6 is 11.6 Å². The molecular formula is C12H15ClN2O3. The van der Waals surface area contributed by atoms with Crippen molar-refractivity contribution in [1.29, 1.82) is 0 Å². The molecule has 0 fully saturated rings. The number of aryl methyl sites for hydroxylation is 1. The first kappa shape index (κ1) is 14.4. The number of nitro groups is 1. The molecular weight excluding hydrogens is 256 g/mol. The number of alkyl halides is 1. The third kappa shape index (κ3) is 3.70. The van der Waals surface area contributed by atoms with E-state index in [-0.39, 0.29) is 17.0 Å². The van der Waals surface area contributed by atoms with E-state index in [0.717, 1.165) is 0 Å². The van der Waals surface area contributed by atoms with Crippen molar-refractivity contribution in [1.82, 2.24) is 4.90 Å². The number of halogens is 1. The highest BCUT2D eigenvalue weighted by Gasteiger charge is 2.17. The Morgan fingerprint density at radius 1 is 1.50 bits per heavy atom. The standard InChI is InChI=1S/C12H15ClN2O3/c1-8-4-10(6-11(5-8)15(17)18)12(16)14(3)7-9(2)13/h4-6,9H,7H2,1-3H3. The molecule has 1 atom stereocenters. The number of nitro benzene ring substituents is 1. The van der Waals surface area contributed by atoms with Gasteiger partial charge in [0, 0.05) is 36.7 Å². The van der Waals surface area contributed by atoms with E-state index in [9.17, 15) is 14.9 Å². The van der Waals surface area contributed by atoms with Crippen LogP contribution in [0.25, 0.3) is 0 Å². The summed E-state index contributed by atoms with van der Waals surface area (Å²) in [7, 11) is 1.62. The van der Waals surface area contributed by atoms with E-state index in [1.807, 2.05) is 0 Å². The molecule has 1 aromatic carbocycles. The first-order valence-electron chi connectivity index (χ1n) is 5.47. The third-order valence-electron chi connectivity index (χ3n) is 2.39. The molecule has 0 aromatic heterocycles. The number of hydrogen-bond acceptors (Lipinski definition) is 3. The van der Waals surface area contributed by atoms with Gasteiger partial charge in [-0.15, -0.1) is 11.6 Å². The Morgan fingerprint density at radius 2 is 2.11 bits per heavy atom. The molecule has 0 aliphatic heterocycles. The highest BCUT2D eigenvalue weighted by Crippen LogP contribution is 2.18. The second kappa shape index (κ2) is 5.82. The molecule has 0 saturated heterocycles. The molecule has 0 aliphatic carbocycles. The Kier molecular flexibility index (Phi) is 4.67. The van der Waals surface area contributed by atoms with Gasteiger partial charge in [0.2, 0.25) is 0 Å². The van der Waals surface area contributed by atoms with Crippen LogP contribution in [0.4, 0.5) is 5.69 Å². The summed E-state index contributed by atoms with van der Waals surface area (Å²) in [5.41, 5.74) is 0.909. The lowest BCUT2D eigenvalue weighted by Gasteiger charge is -2.18. The summed E-state index contributed by atoms with van der Waals surface area (Å²) >= 11 is 5.82. The molecule has 0 bridgehead atoms. The molecule has 1 rings (SSSR count). The second-order valence-corrected chi connectivity index (χ2v) is 5.03. The molecule has 18 heavy (non-hydrogen) atoms. The van der Waals surface area contributed by atoms with Gasteiger partial charge in [-0.1, -0.05) is 0 Å². The SMILES string of the molecule is Cc1cc(C(=O)N(C)CC(C)Cl)cc([N+](=O)[O-])c1. The van der Waals surface area contributed by atoms with Crippen molar-refractivity contribution < 1.29 is 9.72 Å². The molecule has 5 nitrogen and oxygen atoms in total. The van der Waals surface area contributed by atoms with E-state index < -0.39 is 4.92 Å². The largest absolute Gasteiger partial charge is 0.340 e. The lowest BCUT2D eigenvalue weighted by Crippen LogP contribution is -2.31. The average molecular weight is 271 g/mol. The predicted octanol–water partition coefficient (Wildman–Crippen LogP) is 2.60. The predicted molar refractivity (Wildman–Crippen MR) is 70.1 cm³/mol. The number of non-ortho nitro benzene ring substituents is 1. The van der Waals surface area contributed by atoms with E-state index in [4.69, 9.17) is 11.6 Å². The molecule has 0 heterocycles. The minimum absolute atomic E-state index is 0.0781. The van der Waals surface area contributed by atoms with Gasteiger partial charge in [-0.3, -0.25) is 14.9 Å². The first-order chi connectivity index (χ1) is 8.31. The molecule has 98 valence electrons. The van der Waals surface area contributed by atoms with E-state index in [0.29, 0.717) is 17.7 Å². The number of carbonyl (C=O) groups excluding carboxylic acids is 1. The van der Waals surface area contributed by atoms with Gasteiger partial charge in [-0.25, -0.2) is 0 Å². The van der Waals surface area contributed by atoms with Crippen LogP contribution in [-0.2, 0) is 0 Å². The Balaban J connectivity index is 3.02. The van der Waals surface area contributed by atoms with Crippen molar-refractivity contribution in [3.05, 3.63) is 39.4 Å². The molecule has 1 unspecified atom stereocenters. The average Bonchev–Trinajstić information content (AvgIpc) is 2.26. The topological polar surface area (TPSA) is 63.5 Å². The fourth-order valence-corrected chi connectivity index (χ4v) is 1.88. The van der Waals surface area contributed by atoms with Crippen LogP contribution in [0.1, 0.15) is 22.8 Å². The normalized spacial score (nSPS) is 12.0. The van der Waals surface area contributed by atoms with Gasteiger partial charge in [-0.05, 0) is 25.5 Å². The number of nitrogens with zero attached hydrogens (tertiary/aromatic N) is 2. The summed E-state index contributed by atoms with van der Waals surface area (Å²) in [4.78, 5) is 23.7. The fourth-order valence-electron chi connectivity index (χ4n) is 1.67. The summed E-state index contributed by atoms with van der Waals surface area (Å²) in [6, 6.07) is 4.34. The Hall–Kier alpha value is -1.62. The maximum Gasteiger partial charge on any atom is 0.270 e. The van der Waals surface area contributed by atoms with Gasteiger partial charge in [0.25, 0.3) is 11.6 Å². The van der Waals surface area contributed by atoms with Gasteiger partial charge < -0.3 is 4.90 Å². The third-order valence-corrected chi connectivity index (χ3v) is 2.53. The Morgan fingerprint density at radius 3 is 2.61 bits per heavy atom. The first-order valence-corrected chi connectivity index (χ1v) is 5.90. The molecule has 0 spiro atoms. The maximum atomic E-state index is 12.1. The molecule has 0 N–H and O–H groups in total. The summed E-state index contributed by atoms with van der Waals surface area (Å²) in [6.45, 7) is 3.89. The van der Waals surface area contributed by atoms with Crippen LogP contribution in [0, 0.1) is 17.0 Å². The van der Waals surface area contributed by atoms with E-state index in [1.165, 1.54) is 17.0 Å². The smallest absolute Gasteiger partial charge is 0.270 e. The summed E-state index contributed by atoms with van der Waals surface area (Å²) in [5.74, 6) is -0.269. The quantitative estimate of drug-likeness (QED) is 0.480. The van der Waals surface area contributed by atoms with Crippen molar-refractivity contribution in [3.63, 3.8) is 0 Å². The number of amides is 1. The monoisotopic (exact) mass is 270 g/mol. The van der Waals surface area contributed by atoms with E-state index >= 15 is 0 Å². The van der Waals surface area contributed by atoms with Crippen LogP contribution < -0.4 is 0 Å². The van der Waals surface area contributed by atoms with Crippen molar-refractivity contribution in [2.24, 2.45) is 0 Å². The molecule has 1 aromatic rings. The zero-order valence-electron chi connectivity index (χ0n) is 10.5. The van der Waals surface area contributed by atoms with Crippen LogP contribution in [0.5, 0.6) is 0 Å². The molecule has 0 aliphatic rings. The van der Waals surface area contributed by atoms with Crippen molar-refractivity contribution in [3.8, 4) is 0 Å². The van der Waals surface area contributed by atoms with Gasteiger partial charge >= 0.3 is 0 Å². The van der Waals surface area contributed by atoms with E-state index in [2.05, 4.69) is 0 Å². The number of rotatable bonds is 4. The van der Waals surface area contributed by atoms with Gasteiger partial charge in [-0.2, -0.15) is 0 Å². The van der Waals surface area contributed by atoms with Crippen LogP contribution in [-0.4, -0.2) is 34.7 Å².